The van der Waals surface area contributed by atoms with Crippen LogP contribution < -0.4 is 0 Å². The summed E-state index contributed by atoms with van der Waals surface area (Å²) < 4.78 is 5.33. The van der Waals surface area contributed by atoms with Crippen LogP contribution in [0, 0.1) is 0 Å². The van der Waals surface area contributed by atoms with E-state index in [2.05, 4.69) is 18.2 Å². The molecule has 0 saturated carbocycles. The summed E-state index contributed by atoms with van der Waals surface area (Å²) in [6.07, 6.45) is 4.07. The van der Waals surface area contributed by atoms with E-state index in [9.17, 15) is 5.11 Å². The summed E-state index contributed by atoms with van der Waals surface area (Å²) in [7, 11) is 0. The summed E-state index contributed by atoms with van der Waals surface area (Å²) >= 11 is 0. The van der Waals surface area contributed by atoms with Crippen molar-refractivity contribution < 1.29 is 9.52 Å². The number of rotatable bonds is 4. The van der Waals surface area contributed by atoms with Crippen LogP contribution in [-0.2, 0) is 6.42 Å². The fourth-order valence-electron chi connectivity index (χ4n) is 1.69. The number of fused-ring (bicyclic) bond motifs is 1. The van der Waals surface area contributed by atoms with Crippen molar-refractivity contribution in [3.8, 4) is 0 Å². The van der Waals surface area contributed by atoms with E-state index in [0.717, 1.165) is 30.2 Å². The third-order valence-corrected chi connectivity index (χ3v) is 2.76. The number of hydrogen-bond donors (Lipinski definition) is 1. The quantitative estimate of drug-likeness (QED) is 0.830. The zero-order chi connectivity index (χ0) is 10.7. The molecule has 0 amide bonds. The molecule has 2 nitrogen and oxygen atoms in total. The van der Waals surface area contributed by atoms with Gasteiger partial charge >= 0.3 is 0 Å². The van der Waals surface area contributed by atoms with Gasteiger partial charge in [0.1, 0.15) is 5.58 Å². The molecule has 0 aliphatic rings. The number of hydrogen-bond acceptors (Lipinski definition) is 2. The molecule has 0 aliphatic carbocycles. The molecule has 0 bridgehead atoms. The van der Waals surface area contributed by atoms with E-state index in [0.29, 0.717) is 0 Å². The normalized spacial score (nSPS) is 13.2. The van der Waals surface area contributed by atoms with E-state index in [1.54, 1.807) is 6.26 Å². The lowest BCUT2D eigenvalue weighted by molar-refractivity contribution is 0.160. The van der Waals surface area contributed by atoms with E-state index >= 15 is 0 Å². The third kappa shape index (κ3) is 2.39. The molecule has 1 aromatic carbocycles. The highest BCUT2D eigenvalue weighted by molar-refractivity contribution is 5.77. The fraction of sp³-hybridized carbons (Fsp3) is 0.385. The Bertz CT molecular complexity index is 431. The van der Waals surface area contributed by atoms with E-state index in [1.807, 2.05) is 13.0 Å². The Morgan fingerprint density at radius 2 is 2.20 bits per heavy atom. The summed E-state index contributed by atoms with van der Waals surface area (Å²) in [6.45, 7) is 2.00. The van der Waals surface area contributed by atoms with Crippen molar-refractivity contribution in [2.75, 3.05) is 0 Å². The molecule has 1 aromatic heterocycles. The zero-order valence-electron chi connectivity index (χ0n) is 8.94. The molecular weight excluding hydrogens is 188 g/mol. The highest BCUT2D eigenvalue weighted by atomic mass is 16.3. The van der Waals surface area contributed by atoms with Crippen molar-refractivity contribution in [3.63, 3.8) is 0 Å². The maximum absolute atomic E-state index is 9.47. The molecule has 2 heteroatoms. The predicted octanol–water partition coefficient (Wildman–Crippen LogP) is 3.14. The maximum atomic E-state index is 9.47. The van der Waals surface area contributed by atoms with Gasteiger partial charge in [-0.05, 0) is 37.0 Å². The van der Waals surface area contributed by atoms with Crippen LogP contribution in [-0.4, -0.2) is 11.2 Å². The first-order chi connectivity index (χ1) is 7.29. The van der Waals surface area contributed by atoms with Gasteiger partial charge in [0.05, 0.1) is 12.4 Å². The molecule has 80 valence electrons. The molecule has 0 spiro atoms. The standard InChI is InChI=1S/C13H16O2/c1-2-12(14)6-4-10-3-5-11-7-8-15-13(11)9-10/h3,5,7-9,12,14H,2,4,6H2,1H3. The molecule has 2 rings (SSSR count). The van der Waals surface area contributed by atoms with Crippen molar-refractivity contribution in [3.05, 3.63) is 36.1 Å². The van der Waals surface area contributed by atoms with Crippen LogP contribution in [0.15, 0.2) is 34.9 Å². The summed E-state index contributed by atoms with van der Waals surface area (Å²) in [6, 6.07) is 8.17. The van der Waals surface area contributed by atoms with Gasteiger partial charge in [-0.15, -0.1) is 0 Å². The number of aryl methyl sites for hydroxylation is 1. The Morgan fingerprint density at radius 3 is 3.00 bits per heavy atom. The van der Waals surface area contributed by atoms with Crippen LogP contribution in [0.3, 0.4) is 0 Å². The van der Waals surface area contributed by atoms with Gasteiger partial charge in [0.2, 0.25) is 0 Å². The Kier molecular flexibility index (Phi) is 3.07. The number of aliphatic hydroxyl groups excluding tert-OH is 1. The SMILES string of the molecule is CCC(O)CCc1ccc2ccoc2c1. The van der Waals surface area contributed by atoms with Gasteiger partial charge in [0, 0.05) is 5.39 Å². The van der Waals surface area contributed by atoms with Crippen molar-refractivity contribution in [1.82, 2.24) is 0 Å². The van der Waals surface area contributed by atoms with Crippen molar-refractivity contribution in [2.45, 2.75) is 32.3 Å². The Balaban J connectivity index is 2.08. The van der Waals surface area contributed by atoms with Gasteiger partial charge in [-0.25, -0.2) is 0 Å². The smallest absolute Gasteiger partial charge is 0.134 e. The Labute approximate surface area is 89.5 Å². The summed E-state index contributed by atoms with van der Waals surface area (Å²) in [5, 5.41) is 10.6. The van der Waals surface area contributed by atoms with Crippen LogP contribution in [0.1, 0.15) is 25.3 Å². The lowest BCUT2D eigenvalue weighted by Crippen LogP contribution is -2.05. The first kappa shape index (κ1) is 10.2. The third-order valence-electron chi connectivity index (χ3n) is 2.76. The Hall–Kier alpha value is -1.28. The maximum Gasteiger partial charge on any atom is 0.134 e. The second-order valence-electron chi connectivity index (χ2n) is 3.89. The number of aliphatic hydroxyl groups is 1. The van der Waals surface area contributed by atoms with Gasteiger partial charge in [0.25, 0.3) is 0 Å². The van der Waals surface area contributed by atoms with Gasteiger partial charge in [-0.3, -0.25) is 0 Å². The molecule has 0 fully saturated rings. The highest BCUT2D eigenvalue weighted by Gasteiger charge is 2.03. The zero-order valence-corrected chi connectivity index (χ0v) is 8.94. The average molecular weight is 204 g/mol. The topological polar surface area (TPSA) is 33.4 Å². The summed E-state index contributed by atoms with van der Waals surface area (Å²) in [4.78, 5) is 0. The summed E-state index contributed by atoms with van der Waals surface area (Å²) in [5.74, 6) is 0. The minimum atomic E-state index is -0.183. The van der Waals surface area contributed by atoms with E-state index in [-0.39, 0.29) is 6.10 Å². The largest absolute Gasteiger partial charge is 0.464 e. The minimum absolute atomic E-state index is 0.183. The molecule has 1 atom stereocenters. The number of benzene rings is 1. The highest BCUT2D eigenvalue weighted by Crippen LogP contribution is 2.18. The van der Waals surface area contributed by atoms with Gasteiger partial charge in [0.15, 0.2) is 0 Å². The fourth-order valence-corrected chi connectivity index (χ4v) is 1.69. The molecule has 1 N–H and O–H groups in total. The lowest BCUT2D eigenvalue weighted by atomic mass is 10.0. The summed E-state index contributed by atoms with van der Waals surface area (Å²) in [5.41, 5.74) is 2.16. The molecule has 15 heavy (non-hydrogen) atoms. The van der Waals surface area contributed by atoms with Gasteiger partial charge in [-0.1, -0.05) is 19.1 Å². The van der Waals surface area contributed by atoms with Crippen LogP contribution in [0.25, 0.3) is 11.0 Å². The molecule has 1 unspecified atom stereocenters. The van der Waals surface area contributed by atoms with Crippen molar-refractivity contribution >= 4 is 11.0 Å². The van der Waals surface area contributed by atoms with Crippen LogP contribution in [0.4, 0.5) is 0 Å². The predicted molar refractivity (Wildman–Crippen MR) is 60.8 cm³/mol. The van der Waals surface area contributed by atoms with E-state index < -0.39 is 0 Å². The molecular formula is C13H16O2. The first-order valence-corrected chi connectivity index (χ1v) is 5.44. The molecule has 0 radical (unpaired) electrons. The van der Waals surface area contributed by atoms with E-state index in [1.165, 1.54) is 5.56 Å². The lowest BCUT2D eigenvalue weighted by Gasteiger charge is -2.06. The first-order valence-electron chi connectivity index (χ1n) is 5.44. The molecule has 0 aliphatic heterocycles. The molecule has 0 saturated heterocycles. The second-order valence-corrected chi connectivity index (χ2v) is 3.89. The van der Waals surface area contributed by atoms with Crippen molar-refractivity contribution in [1.29, 1.82) is 0 Å². The van der Waals surface area contributed by atoms with Gasteiger partial charge < -0.3 is 9.52 Å². The monoisotopic (exact) mass is 204 g/mol. The van der Waals surface area contributed by atoms with Gasteiger partial charge in [-0.2, -0.15) is 0 Å². The molecule has 1 heterocycles. The minimum Gasteiger partial charge on any atom is -0.464 e. The molecule has 2 aromatic rings. The van der Waals surface area contributed by atoms with Crippen molar-refractivity contribution in [2.24, 2.45) is 0 Å². The van der Waals surface area contributed by atoms with Crippen LogP contribution >= 0.6 is 0 Å². The van der Waals surface area contributed by atoms with Crippen LogP contribution in [0.2, 0.25) is 0 Å². The average Bonchev–Trinajstić information content (AvgIpc) is 2.72. The van der Waals surface area contributed by atoms with E-state index in [4.69, 9.17) is 4.42 Å². The number of furan rings is 1. The van der Waals surface area contributed by atoms with Crippen LogP contribution in [0.5, 0.6) is 0 Å². The second kappa shape index (κ2) is 4.49. The Morgan fingerprint density at radius 1 is 1.33 bits per heavy atom.